The Kier molecular flexibility index (Phi) is 10.4. The van der Waals surface area contributed by atoms with Crippen molar-refractivity contribution in [2.75, 3.05) is 6.61 Å². The Bertz CT molecular complexity index is 1230. The first-order valence-corrected chi connectivity index (χ1v) is 13.2. The highest BCUT2D eigenvalue weighted by molar-refractivity contribution is 5.76. The number of hydrogen-bond acceptors (Lipinski definition) is 6. The van der Waals surface area contributed by atoms with E-state index >= 15 is 0 Å². The molecule has 1 aliphatic carbocycles. The van der Waals surface area contributed by atoms with E-state index in [2.05, 4.69) is 10.3 Å². The van der Waals surface area contributed by atoms with Crippen LogP contribution in [0, 0.1) is 13.8 Å². The van der Waals surface area contributed by atoms with E-state index in [0.717, 1.165) is 35.4 Å². The first-order chi connectivity index (χ1) is 18.5. The highest BCUT2D eigenvalue weighted by Gasteiger charge is 2.30. The van der Waals surface area contributed by atoms with Crippen LogP contribution >= 0.6 is 0 Å². The number of oxazole rings is 1. The molecule has 3 aromatic rings. The molecule has 0 aliphatic heterocycles. The second kappa shape index (κ2) is 13.7. The maximum Gasteiger partial charge on any atom is 0.404 e. The molecule has 39 heavy (non-hydrogen) atoms. The fraction of sp³-hybridized carbons (Fsp3) is 0.433. The minimum atomic E-state index is -1.30. The number of nitrogens with zero attached hydrogens (tertiary/aromatic N) is 1. The summed E-state index contributed by atoms with van der Waals surface area (Å²) in [6.45, 7) is 7.23. The zero-order valence-electron chi connectivity index (χ0n) is 23.0. The number of hydrogen-bond donors (Lipinski definition) is 3. The van der Waals surface area contributed by atoms with Crippen LogP contribution in [-0.2, 0) is 11.2 Å². The third-order valence-electron chi connectivity index (χ3n) is 6.48. The molecule has 0 saturated heterocycles. The van der Waals surface area contributed by atoms with Gasteiger partial charge in [-0.1, -0.05) is 37.5 Å². The summed E-state index contributed by atoms with van der Waals surface area (Å²) in [6.07, 6.45) is 5.38. The van der Waals surface area contributed by atoms with Crippen LogP contribution in [0.1, 0.15) is 63.0 Å². The van der Waals surface area contributed by atoms with Gasteiger partial charge >= 0.3 is 12.1 Å². The van der Waals surface area contributed by atoms with Gasteiger partial charge < -0.3 is 29.4 Å². The molecular formula is C30H38N2O7. The molecular weight excluding hydrogens is 500 g/mol. The molecule has 1 fully saturated rings. The third kappa shape index (κ3) is 9.05. The number of aromatic nitrogens is 1. The summed E-state index contributed by atoms with van der Waals surface area (Å²) in [4.78, 5) is 26.0. The van der Waals surface area contributed by atoms with Crippen molar-refractivity contribution in [3.63, 3.8) is 0 Å². The van der Waals surface area contributed by atoms with Gasteiger partial charge in [-0.3, -0.25) is 0 Å². The number of amides is 1. The Balaban J connectivity index is 0.000000353. The van der Waals surface area contributed by atoms with Crippen molar-refractivity contribution in [3.05, 3.63) is 65.5 Å². The van der Waals surface area contributed by atoms with Crippen molar-refractivity contribution in [1.82, 2.24) is 10.3 Å². The minimum Gasteiger partial charge on any atom is -0.493 e. The number of aryl methyl sites for hydroxylation is 2. The molecule has 4 rings (SSSR count). The summed E-state index contributed by atoms with van der Waals surface area (Å²) in [5.74, 6) is 1.58. The Morgan fingerprint density at radius 1 is 1.05 bits per heavy atom. The molecule has 1 aromatic heterocycles. The second-order valence-electron chi connectivity index (χ2n) is 10.1. The van der Waals surface area contributed by atoms with Crippen LogP contribution in [0.4, 0.5) is 4.79 Å². The third-order valence-corrected chi connectivity index (χ3v) is 6.48. The van der Waals surface area contributed by atoms with Crippen molar-refractivity contribution in [2.45, 2.75) is 77.9 Å². The summed E-state index contributed by atoms with van der Waals surface area (Å²) >= 11 is 0. The number of benzene rings is 2. The zero-order chi connectivity index (χ0) is 28.4. The molecule has 0 spiro atoms. The van der Waals surface area contributed by atoms with Gasteiger partial charge in [-0.05, 0) is 76.4 Å². The number of nitrogens with one attached hydrogen (secondary N) is 1. The summed E-state index contributed by atoms with van der Waals surface area (Å²) in [6, 6.07) is 15.3. The fourth-order valence-corrected chi connectivity index (χ4v) is 4.20. The highest BCUT2D eigenvalue weighted by atomic mass is 16.5. The molecule has 0 radical (unpaired) electrons. The predicted octanol–water partition coefficient (Wildman–Crippen LogP) is 6.41. The zero-order valence-corrected chi connectivity index (χ0v) is 23.0. The molecule has 0 atom stereocenters. The normalized spacial score (nSPS) is 13.6. The molecule has 1 heterocycles. The van der Waals surface area contributed by atoms with Crippen molar-refractivity contribution in [2.24, 2.45) is 0 Å². The monoisotopic (exact) mass is 538 g/mol. The topological polar surface area (TPSA) is 131 Å². The van der Waals surface area contributed by atoms with E-state index < -0.39 is 17.7 Å². The van der Waals surface area contributed by atoms with E-state index in [9.17, 15) is 14.7 Å². The maximum absolute atomic E-state index is 11.2. The van der Waals surface area contributed by atoms with Crippen molar-refractivity contribution in [3.8, 4) is 23.0 Å². The van der Waals surface area contributed by atoms with E-state index in [-0.39, 0.29) is 6.04 Å². The van der Waals surface area contributed by atoms with Crippen LogP contribution in [0.15, 0.2) is 52.9 Å². The van der Waals surface area contributed by atoms with Crippen LogP contribution < -0.4 is 14.8 Å². The van der Waals surface area contributed by atoms with Gasteiger partial charge in [0.1, 0.15) is 17.3 Å². The highest BCUT2D eigenvalue weighted by Crippen LogP contribution is 2.27. The molecule has 0 bridgehead atoms. The smallest absolute Gasteiger partial charge is 0.404 e. The molecule has 1 aliphatic rings. The molecule has 210 valence electrons. The quantitative estimate of drug-likeness (QED) is 0.285. The van der Waals surface area contributed by atoms with Crippen molar-refractivity contribution < 1.29 is 33.7 Å². The largest absolute Gasteiger partial charge is 0.493 e. The van der Waals surface area contributed by atoms with E-state index in [1.54, 1.807) is 12.1 Å². The Hall–Kier alpha value is -4.01. The molecule has 9 heteroatoms. The number of aliphatic carboxylic acids is 1. The lowest BCUT2D eigenvalue weighted by atomic mass is 9.96. The summed E-state index contributed by atoms with van der Waals surface area (Å²) in [5.41, 5.74) is 1.32. The van der Waals surface area contributed by atoms with E-state index in [1.165, 1.54) is 33.1 Å². The minimum absolute atomic E-state index is 0.228. The number of carboxylic acid groups (broad SMARTS) is 2. The lowest BCUT2D eigenvalue weighted by molar-refractivity contribution is -0.152. The van der Waals surface area contributed by atoms with Crippen LogP contribution in [0.2, 0.25) is 0 Å². The standard InChI is InChI=1S/C23H25NO5.C7H13NO2/c1-15-14-18(10-11-20(15)29-23(3,4)22(25)26)27-13-12-19-16(2)28-21(24-19)17-8-6-5-7-9-17;9-7(10)8-6-4-2-1-3-5-6/h5-11,14H,12-13H2,1-4H3,(H,25,26);6,8H,1-5H2,(H,9,10). The lowest BCUT2D eigenvalue weighted by Crippen LogP contribution is -2.38. The molecule has 2 aromatic carbocycles. The summed E-state index contributed by atoms with van der Waals surface area (Å²) in [5, 5.41) is 20.1. The molecule has 3 N–H and O–H groups in total. The van der Waals surface area contributed by atoms with Gasteiger partial charge in [0.2, 0.25) is 5.89 Å². The number of carbonyl (C=O) groups is 2. The van der Waals surface area contributed by atoms with Gasteiger partial charge in [0, 0.05) is 18.0 Å². The Morgan fingerprint density at radius 3 is 2.36 bits per heavy atom. The maximum atomic E-state index is 11.2. The van der Waals surface area contributed by atoms with Gasteiger partial charge in [0.15, 0.2) is 5.60 Å². The predicted molar refractivity (Wildman–Crippen MR) is 147 cm³/mol. The average molecular weight is 539 g/mol. The number of ether oxygens (including phenoxy) is 2. The SMILES string of the molecule is Cc1cc(OCCc2nc(-c3ccccc3)oc2C)ccc1OC(C)(C)C(=O)O.O=C(O)NC1CCCCC1. The van der Waals surface area contributed by atoms with Gasteiger partial charge in [-0.2, -0.15) is 0 Å². The van der Waals surface area contributed by atoms with E-state index in [4.69, 9.17) is 19.0 Å². The van der Waals surface area contributed by atoms with E-state index in [1.807, 2.05) is 50.2 Å². The number of carboxylic acids is 1. The first kappa shape index (κ1) is 29.5. The van der Waals surface area contributed by atoms with Gasteiger partial charge in [0.05, 0.1) is 12.3 Å². The summed E-state index contributed by atoms with van der Waals surface area (Å²) in [7, 11) is 0. The van der Waals surface area contributed by atoms with Gasteiger partial charge in [-0.25, -0.2) is 14.6 Å². The van der Waals surface area contributed by atoms with Gasteiger partial charge in [0.25, 0.3) is 0 Å². The molecule has 1 amide bonds. The Morgan fingerprint density at radius 2 is 1.74 bits per heavy atom. The average Bonchev–Trinajstić information content (AvgIpc) is 3.27. The Labute approximate surface area is 229 Å². The lowest BCUT2D eigenvalue weighted by Gasteiger charge is -2.23. The molecule has 9 nitrogen and oxygen atoms in total. The first-order valence-electron chi connectivity index (χ1n) is 13.2. The summed E-state index contributed by atoms with van der Waals surface area (Å²) < 4.78 is 17.2. The van der Waals surface area contributed by atoms with Crippen molar-refractivity contribution in [1.29, 1.82) is 0 Å². The van der Waals surface area contributed by atoms with Crippen molar-refractivity contribution >= 4 is 12.1 Å². The van der Waals surface area contributed by atoms with E-state index in [0.29, 0.717) is 30.4 Å². The van der Waals surface area contributed by atoms with Crippen LogP contribution in [0.25, 0.3) is 11.5 Å². The molecule has 0 unspecified atom stereocenters. The fourth-order valence-electron chi connectivity index (χ4n) is 4.20. The number of rotatable bonds is 9. The molecule has 1 saturated carbocycles. The second-order valence-corrected chi connectivity index (χ2v) is 10.1. The van der Waals surface area contributed by atoms with Crippen LogP contribution in [0.3, 0.4) is 0 Å². The van der Waals surface area contributed by atoms with Gasteiger partial charge in [-0.15, -0.1) is 0 Å². The van der Waals surface area contributed by atoms with Crippen LogP contribution in [0.5, 0.6) is 11.5 Å². The van der Waals surface area contributed by atoms with Crippen LogP contribution in [-0.4, -0.2) is 45.5 Å².